The Morgan fingerprint density at radius 1 is 1.29 bits per heavy atom. The second-order valence-corrected chi connectivity index (χ2v) is 4.98. The molecule has 0 bridgehead atoms. The minimum Gasteiger partial charge on any atom is -0.336 e. The summed E-state index contributed by atoms with van der Waals surface area (Å²) in [7, 11) is 0. The van der Waals surface area contributed by atoms with E-state index in [0.717, 1.165) is 0 Å². The van der Waals surface area contributed by atoms with E-state index in [4.69, 9.17) is 12.2 Å². The molecule has 0 aliphatic rings. The summed E-state index contributed by atoms with van der Waals surface area (Å²) < 4.78 is 13.0. The molecule has 5 nitrogen and oxygen atoms in total. The van der Waals surface area contributed by atoms with E-state index in [-0.39, 0.29) is 28.5 Å². The van der Waals surface area contributed by atoms with Gasteiger partial charge in [0.25, 0.3) is 5.56 Å². The SMILES string of the molecule is Cc1[nH]c(=S)[nH]c(=O)c1CCC(=O)Nc1ccc(F)cc1. The lowest BCUT2D eigenvalue weighted by Gasteiger charge is -2.06. The molecule has 0 spiro atoms. The number of nitrogens with one attached hydrogen (secondary N) is 3. The minimum absolute atomic E-state index is 0.145. The van der Waals surface area contributed by atoms with Crippen LogP contribution in [0.1, 0.15) is 17.7 Å². The largest absolute Gasteiger partial charge is 0.336 e. The molecule has 21 heavy (non-hydrogen) atoms. The van der Waals surface area contributed by atoms with E-state index in [1.165, 1.54) is 24.3 Å². The summed E-state index contributed by atoms with van der Waals surface area (Å²) in [6.07, 6.45) is 0.437. The van der Waals surface area contributed by atoms with Gasteiger partial charge in [-0.1, -0.05) is 0 Å². The lowest BCUT2D eigenvalue weighted by molar-refractivity contribution is -0.116. The number of anilines is 1. The van der Waals surface area contributed by atoms with Crippen LogP contribution in [0.25, 0.3) is 0 Å². The number of hydrogen-bond donors (Lipinski definition) is 3. The van der Waals surface area contributed by atoms with Crippen molar-refractivity contribution in [2.24, 2.45) is 0 Å². The van der Waals surface area contributed by atoms with Crippen LogP contribution in [0.4, 0.5) is 10.1 Å². The quantitative estimate of drug-likeness (QED) is 0.759. The summed E-state index contributed by atoms with van der Waals surface area (Å²) in [5.74, 6) is -0.613. The van der Waals surface area contributed by atoms with Crippen LogP contribution in [0.15, 0.2) is 29.1 Å². The maximum atomic E-state index is 12.8. The molecule has 0 unspecified atom stereocenters. The molecule has 1 heterocycles. The zero-order valence-corrected chi connectivity index (χ0v) is 12.1. The normalized spacial score (nSPS) is 10.4. The van der Waals surface area contributed by atoms with Crippen molar-refractivity contribution in [3.8, 4) is 0 Å². The van der Waals surface area contributed by atoms with E-state index in [0.29, 0.717) is 23.4 Å². The number of carbonyl (C=O) groups is 1. The first-order valence-corrected chi connectivity index (χ1v) is 6.74. The number of carbonyl (C=O) groups excluding carboxylic acids is 1. The van der Waals surface area contributed by atoms with Crippen molar-refractivity contribution in [2.75, 3.05) is 5.32 Å². The Kier molecular flexibility index (Phi) is 4.64. The van der Waals surface area contributed by atoms with E-state index in [9.17, 15) is 14.0 Å². The third-order valence-corrected chi connectivity index (χ3v) is 3.19. The molecular weight excluding hydrogens is 293 g/mol. The Balaban J connectivity index is 2.00. The average molecular weight is 307 g/mol. The van der Waals surface area contributed by atoms with Crippen molar-refractivity contribution in [1.82, 2.24) is 9.97 Å². The Hall–Kier alpha value is -2.28. The molecule has 0 saturated carbocycles. The van der Waals surface area contributed by atoms with Crippen LogP contribution in [0, 0.1) is 17.5 Å². The fourth-order valence-electron chi connectivity index (χ4n) is 1.92. The van der Waals surface area contributed by atoms with Gasteiger partial charge in [-0.3, -0.25) is 14.6 Å². The number of hydrogen-bond acceptors (Lipinski definition) is 3. The molecule has 0 atom stereocenters. The molecule has 3 N–H and O–H groups in total. The van der Waals surface area contributed by atoms with E-state index < -0.39 is 0 Å². The first-order valence-electron chi connectivity index (χ1n) is 6.33. The Labute approximate surface area is 125 Å². The topological polar surface area (TPSA) is 77.8 Å². The first kappa shape index (κ1) is 15.1. The van der Waals surface area contributed by atoms with Gasteiger partial charge < -0.3 is 10.3 Å². The molecule has 1 amide bonds. The standard InChI is InChI=1S/C14H14FN3O2S/c1-8-11(13(20)18-14(21)16-8)6-7-12(19)17-10-4-2-9(15)3-5-10/h2-5H,6-7H2,1H3,(H,17,19)(H2,16,18,20,21). The van der Waals surface area contributed by atoms with Gasteiger partial charge in [-0.15, -0.1) is 0 Å². The van der Waals surface area contributed by atoms with Gasteiger partial charge in [0.15, 0.2) is 4.77 Å². The third kappa shape index (κ3) is 4.09. The van der Waals surface area contributed by atoms with Crippen molar-refractivity contribution in [2.45, 2.75) is 19.8 Å². The number of rotatable bonds is 4. The van der Waals surface area contributed by atoms with E-state index in [2.05, 4.69) is 15.3 Å². The predicted octanol–water partition coefficient (Wildman–Crippen LogP) is 2.45. The third-order valence-electron chi connectivity index (χ3n) is 2.98. The van der Waals surface area contributed by atoms with Gasteiger partial charge >= 0.3 is 0 Å². The van der Waals surface area contributed by atoms with Crippen molar-refractivity contribution in [3.05, 3.63) is 56.5 Å². The second kappa shape index (κ2) is 6.45. The van der Waals surface area contributed by atoms with Crippen LogP contribution >= 0.6 is 12.2 Å². The van der Waals surface area contributed by atoms with Crippen molar-refractivity contribution in [1.29, 1.82) is 0 Å². The van der Waals surface area contributed by atoms with Crippen molar-refractivity contribution < 1.29 is 9.18 Å². The van der Waals surface area contributed by atoms with Gasteiger partial charge in [0.2, 0.25) is 5.91 Å². The average Bonchev–Trinajstić information content (AvgIpc) is 2.40. The Morgan fingerprint density at radius 2 is 1.95 bits per heavy atom. The van der Waals surface area contributed by atoms with Crippen LogP contribution in [-0.4, -0.2) is 15.9 Å². The molecular formula is C14H14FN3O2S. The summed E-state index contributed by atoms with van der Waals surface area (Å²) in [5.41, 5.74) is 1.38. The zero-order valence-electron chi connectivity index (χ0n) is 11.3. The number of H-pyrrole nitrogens is 2. The summed E-state index contributed by atoms with van der Waals surface area (Å²) in [6, 6.07) is 5.49. The molecule has 1 aromatic heterocycles. The highest BCUT2D eigenvalue weighted by Gasteiger charge is 2.08. The van der Waals surface area contributed by atoms with Gasteiger partial charge in [-0.2, -0.15) is 0 Å². The molecule has 0 saturated heterocycles. The molecule has 7 heteroatoms. The van der Waals surface area contributed by atoms with Crippen LogP contribution in [-0.2, 0) is 11.2 Å². The monoisotopic (exact) mass is 307 g/mol. The fourth-order valence-corrected chi connectivity index (χ4v) is 2.17. The maximum absolute atomic E-state index is 12.8. The lowest BCUT2D eigenvalue weighted by atomic mass is 10.1. The Bertz CT molecular complexity index is 765. The number of benzene rings is 1. The van der Waals surface area contributed by atoms with Crippen LogP contribution in [0.3, 0.4) is 0 Å². The van der Waals surface area contributed by atoms with Crippen molar-refractivity contribution >= 4 is 23.8 Å². The van der Waals surface area contributed by atoms with Crippen LogP contribution < -0.4 is 10.9 Å². The molecule has 2 rings (SSSR count). The van der Waals surface area contributed by atoms with Gasteiger partial charge in [-0.25, -0.2) is 4.39 Å². The molecule has 0 fully saturated rings. The molecule has 2 aromatic rings. The number of aromatic amines is 2. The number of aromatic nitrogens is 2. The molecule has 110 valence electrons. The van der Waals surface area contributed by atoms with E-state index >= 15 is 0 Å². The first-order chi connectivity index (χ1) is 9.95. The van der Waals surface area contributed by atoms with Gasteiger partial charge in [0, 0.05) is 23.4 Å². The van der Waals surface area contributed by atoms with Crippen LogP contribution in [0.2, 0.25) is 0 Å². The highest BCUT2D eigenvalue weighted by Crippen LogP contribution is 2.09. The smallest absolute Gasteiger partial charge is 0.255 e. The van der Waals surface area contributed by atoms with Gasteiger partial charge in [0.1, 0.15) is 5.82 Å². The predicted molar refractivity (Wildman–Crippen MR) is 80.3 cm³/mol. The highest BCUT2D eigenvalue weighted by atomic mass is 32.1. The summed E-state index contributed by atoms with van der Waals surface area (Å²) >= 11 is 4.86. The molecule has 0 aliphatic carbocycles. The summed E-state index contributed by atoms with van der Waals surface area (Å²) in [4.78, 5) is 28.9. The minimum atomic E-state index is -0.366. The fraction of sp³-hybridized carbons (Fsp3) is 0.214. The summed E-state index contributed by atoms with van der Waals surface area (Å²) in [6.45, 7) is 1.73. The van der Waals surface area contributed by atoms with Crippen molar-refractivity contribution in [3.63, 3.8) is 0 Å². The second-order valence-electron chi connectivity index (χ2n) is 4.57. The van der Waals surface area contributed by atoms with E-state index in [1.807, 2.05) is 0 Å². The molecule has 0 radical (unpaired) electrons. The van der Waals surface area contributed by atoms with E-state index in [1.54, 1.807) is 6.92 Å². The zero-order chi connectivity index (χ0) is 15.4. The number of aryl methyl sites for hydroxylation is 1. The van der Waals surface area contributed by atoms with Gasteiger partial charge in [0.05, 0.1) is 0 Å². The van der Waals surface area contributed by atoms with Crippen LogP contribution in [0.5, 0.6) is 0 Å². The highest BCUT2D eigenvalue weighted by molar-refractivity contribution is 7.71. The summed E-state index contributed by atoms with van der Waals surface area (Å²) in [5, 5.41) is 2.64. The lowest BCUT2D eigenvalue weighted by Crippen LogP contribution is -2.19. The maximum Gasteiger partial charge on any atom is 0.255 e. The number of amides is 1. The molecule has 0 aliphatic heterocycles. The number of halogens is 1. The van der Waals surface area contributed by atoms with Gasteiger partial charge in [-0.05, 0) is 49.8 Å². The molecule has 1 aromatic carbocycles. The Morgan fingerprint density at radius 3 is 2.57 bits per heavy atom.